The van der Waals surface area contributed by atoms with Gasteiger partial charge in [0.2, 0.25) is 5.78 Å². The van der Waals surface area contributed by atoms with E-state index in [9.17, 15) is 4.79 Å². The van der Waals surface area contributed by atoms with E-state index < -0.39 is 0 Å². The lowest BCUT2D eigenvalue weighted by Crippen LogP contribution is -2.12. The van der Waals surface area contributed by atoms with E-state index in [0.29, 0.717) is 17.1 Å². The molecule has 0 saturated carbocycles. The standard InChI is InChI=1S/C19H16O3/c1-21-18-11-5-4-10-16(18)17(20)13-22-19-12-6-8-14-7-2-3-9-15(14)19/h2-12H,13H2,1H3. The molecule has 3 heteroatoms. The van der Waals surface area contributed by atoms with Crippen molar-refractivity contribution in [3.05, 3.63) is 72.3 Å². The molecule has 0 N–H and O–H groups in total. The lowest BCUT2D eigenvalue weighted by molar-refractivity contribution is 0.0919. The van der Waals surface area contributed by atoms with Crippen LogP contribution in [0, 0.1) is 0 Å². The number of para-hydroxylation sites is 1. The first-order valence-electron chi connectivity index (χ1n) is 7.06. The molecular weight excluding hydrogens is 276 g/mol. The number of Topliss-reactive ketones (excluding diaryl/α,β-unsaturated/α-hetero) is 1. The number of ether oxygens (including phenoxy) is 2. The minimum atomic E-state index is -0.106. The second kappa shape index (κ2) is 6.31. The molecular formula is C19H16O3. The molecule has 0 bridgehead atoms. The van der Waals surface area contributed by atoms with Crippen LogP contribution in [0.2, 0.25) is 0 Å². The summed E-state index contributed by atoms with van der Waals surface area (Å²) in [5, 5.41) is 2.09. The van der Waals surface area contributed by atoms with E-state index in [1.165, 1.54) is 0 Å². The Morgan fingerprint density at radius 1 is 0.864 bits per heavy atom. The molecule has 0 spiro atoms. The Balaban J connectivity index is 1.81. The number of hydrogen-bond donors (Lipinski definition) is 0. The van der Waals surface area contributed by atoms with E-state index in [0.717, 1.165) is 10.8 Å². The van der Waals surface area contributed by atoms with Gasteiger partial charge in [0.05, 0.1) is 12.7 Å². The van der Waals surface area contributed by atoms with Crippen LogP contribution >= 0.6 is 0 Å². The third-order valence-corrected chi connectivity index (χ3v) is 3.52. The summed E-state index contributed by atoms with van der Waals surface area (Å²) in [7, 11) is 1.55. The minimum Gasteiger partial charge on any atom is -0.496 e. The van der Waals surface area contributed by atoms with Crippen molar-refractivity contribution < 1.29 is 14.3 Å². The van der Waals surface area contributed by atoms with E-state index in [2.05, 4.69) is 0 Å². The lowest BCUT2D eigenvalue weighted by atomic mass is 10.1. The molecule has 3 rings (SSSR count). The van der Waals surface area contributed by atoms with Crippen LogP contribution in [0.1, 0.15) is 10.4 Å². The highest BCUT2D eigenvalue weighted by atomic mass is 16.5. The Hall–Kier alpha value is -2.81. The summed E-state index contributed by atoms with van der Waals surface area (Å²) in [6, 6.07) is 20.9. The molecule has 0 aliphatic heterocycles. The first-order chi connectivity index (χ1) is 10.8. The minimum absolute atomic E-state index is 0.0195. The van der Waals surface area contributed by atoms with Gasteiger partial charge in [0, 0.05) is 5.39 Å². The summed E-state index contributed by atoms with van der Waals surface area (Å²) in [6.45, 7) is -0.0195. The molecule has 0 saturated heterocycles. The number of carbonyl (C=O) groups excluding carboxylic acids is 1. The number of rotatable bonds is 5. The summed E-state index contributed by atoms with van der Waals surface area (Å²) in [5.74, 6) is 1.17. The second-order valence-corrected chi connectivity index (χ2v) is 4.89. The lowest BCUT2D eigenvalue weighted by Gasteiger charge is -2.10. The average Bonchev–Trinajstić information content (AvgIpc) is 2.59. The molecule has 0 aliphatic rings. The Labute approximate surface area is 129 Å². The van der Waals surface area contributed by atoms with Crippen LogP contribution in [0.3, 0.4) is 0 Å². The van der Waals surface area contributed by atoms with Gasteiger partial charge in [-0.15, -0.1) is 0 Å². The largest absolute Gasteiger partial charge is 0.496 e. The van der Waals surface area contributed by atoms with Crippen molar-refractivity contribution >= 4 is 16.6 Å². The summed E-state index contributed by atoms with van der Waals surface area (Å²) < 4.78 is 10.9. The first-order valence-corrected chi connectivity index (χ1v) is 7.06. The molecule has 3 aromatic rings. The van der Waals surface area contributed by atoms with Crippen LogP contribution in [0.4, 0.5) is 0 Å². The maximum Gasteiger partial charge on any atom is 0.203 e. The highest BCUT2D eigenvalue weighted by Gasteiger charge is 2.12. The van der Waals surface area contributed by atoms with Crippen LogP contribution < -0.4 is 9.47 Å². The van der Waals surface area contributed by atoms with Crippen molar-refractivity contribution in [2.75, 3.05) is 13.7 Å². The van der Waals surface area contributed by atoms with E-state index >= 15 is 0 Å². The topological polar surface area (TPSA) is 35.5 Å². The Kier molecular flexibility index (Phi) is 4.05. The first kappa shape index (κ1) is 14.1. The maximum atomic E-state index is 12.3. The van der Waals surface area contributed by atoms with E-state index in [-0.39, 0.29) is 12.4 Å². The molecule has 0 fully saturated rings. The van der Waals surface area contributed by atoms with Crippen LogP contribution in [0.15, 0.2) is 66.7 Å². The second-order valence-electron chi connectivity index (χ2n) is 4.89. The smallest absolute Gasteiger partial charge is 0.203 e. The number of carbonyl (C=O) groups is 1. The molecule has 0 radical (unpaired) electrons. The van der Waals surface area contributed by atoms with E-state index in [1.807, 2.05) is 54.6 Å². The molecule has 0 aliphatic carbocycles. The Bertz CT molecular complexity index is 803. The van der Waals surface area contributed by atoms with Gasteiger partial charge < -0.3 is 9.47 Å². The van der Waals surface area contributed by atoms with Gasteiger partial charge in [-0.2, -0.15) is 0 Å². The van der Waals surface area contributed by atoms with Gasteiger partial charge in [-0.05, 0) is 23.6 Å². The molecule has 0 unspecified atom stereocenters. The third kappa shape index (κ3) is 2.79. The normalized spacial score (nSPS) is 10.4. The molecule has 0 atom stereocenters. The zero-order valence-corrected chi connectivity index (χ0v) is 12.3. The van der Waals surface area contributed by atoms with Crippen molar-refractivity contribution in [1.29, 1.82) is 0 Å². The van der Waals surface area contributed by atoms with Crippen molar-refractivity contribution in [2.24, 2.45) is 0 Å². The molecule has 3 aromatic carbocycles. The van der Waals surface area contributed by atoms with Gasteiger partial charge in [-0.1, -0.05) is 48.5 Å². The number of benzene rings is 3. The van der Waals surface area contributed by atoms with Crippen LogP contribution in [-0.2, 0) is 0 Å². The highest BCUT2D eigenvalue weighted by Crippen LogP contribution is 2.25. The quantitative estimate of drug-likeness (QED) is 0.664. The van der Waals surface area contributed by atoms with Gasteiger partial charge in [-0.3, -0.25) is 4.79 Å². The van der Waals surface area contributed by atoms with Gasteiger partial charge in [0.1, 0.15) is 11.5 Å². The summed E-state index contributed by atoms with van der Waals surface area (Å²) >= 11 is 0. The molecule has 0 amide bonds. The Morgan fingerprint density at radius 3 is 2.41 bits per heavy atom. The van der Waals surface area contributed by atoms with E-state index in [1.54, 1.807) is 19.2 Å². The van der Waals surface area contributed by atoms with Crippen molar-refractivity contribution in [1.82, 2.24) is 0 Å². The van der Waals surface area contributed by atoms with Crippen molar-refractivity contribution in [2.45, 2.75) is 0 Å². The predicted octanol–water partition coefficient (Wildman–Crippen LogP) is 4.11. The monoisotopic (exact) mass is 292 g/mol. The highest BCUT2D eigenvalue weighted by molar-refractivity contribution is 6.00. The van der Waals surface area contributed by atoms with Crippen LogP contribution in [0.5, 0.6) is 11.5 Å². The fraction of sp³-hybridized carbons (Fsp3) is 0.105. The maximum absolute atomic E-state index is 12.3. The molecule has 3 nitrogen and oxygen atoms in total. The number of hydrogen-bond acceptors (Lipinski definition) is 3. The van der Waals surface area contributed by atoms with Gasteiger partial charge in [-0.25, -0.2) is 0 Å². The van der Waals surface area contributed by atoms with Crippen molar-refractivity contribution in [3.63, 3.8) is 0 Å². The van der Waals surface area contributed by atoms with Gasteiger partial charge in [0.25, 0.3) is 0 Å². The SMILES string of the molecule is COc1ccccc1C(=O)COc1cccc2ccccc12. The number of ketones is 1. The third-order valence-electron chi connectivity index (χ3n) is 3.52. The summed E-state index contributed by atoms with van der Waals surface area (Å²) in [5.41, 5.74) is 0.533. The van der Waals surface area contributed by atoms with Gasteiger partial charge in [0.15, 0.2) is 6.61 Å². The summed E-state index contributed by atoms with van der Waals surface area (Å²) in [4.78, 5) is 12.3. The van der Waals surface area contributed by atoms with Gasteiger partial charge >= 0.3 is 0 Å². The zero-order valence-electron chi connectivity index (χ0n) is 12.3. The number of methoxy groups -OCH3 is 1. The predicted molar refractivity (Wildman–Crippen MR) is 86.8 cm³/mol. The van der Waals surface area contributed by atoms with E-state index in [4.69, 9.17) is 9.47 Å². The van der Waals surface area contributed by atoms with Crippen LogP contribution in [-0.4, -0.2) is 19.5 Å². The van der Waals surface area contributed by atoms with Crippen LogP contribution in [0.25, 0.3) is 10.8 Å². The fourth-order valence-corrected chi connectivity index (χ4v) is 2.42. The Morgan fingerprint density at radius 2 is 1.55 bits per heavy atom. The molecule has 0 heterocycles. The average molecular weight is 292 g/mol. The molecule has 0 aromatic heterocycles. The summed E-state index contributed by atoms with van der Waals surface area (Å²) in [6.07, 6.45) is 0. The molecule has 110 valence electrons. The fourth-order valence-electron chi connectivity index (χ4n) is 2.42. The molecule has 22 heavy (non-hydrogen) atoms. The zero-order chi connectivity index (χ0) is 15.4. The number of fused-ring (bicyclic) bond motifs is 1. The van der Waals surface area contributed by atoms with Crippen molar-refractivity contribution in [3.8, 4) is 11.5 Å².